The Labute approximate surface area is 159 Å². The minimum atomic E-state index is -0.0601. The molecule has 0 spiro atoms. The molecule has 1 unspecified atom stereocenters. The molecule has 3 rings (SSSR count). The molecular weight excluding hydrogens is 402 g/mol. The number of hydrogen-bond acceptors (Lipinski definition) is 4. The number of thioether (sulfide) groups is 1. The first-order valence-electron chi connectivity index (χ1n) is 8.63. The molecule has 0 saturated carbocycles. The smallest absolute Gasteiger partial charge is 0.262 e. The molecule has 1 saturated heterocycles. The first-order chi connectivity index (χ1) is 12.0. The van der Waals surface area contributed by atoms with Gasteiger partial charge in [-0.25, -0.2) is 4.98 Å². The van der Waals surface area contributed by atoms with E-state index in [4.69, 9.17) is 0 Å². The second kappa shape index (κ2) is 7.91. The fourth-order valence-corrected chi connectivity index (χ4v) is 4.55. The summed E-state index contributed by atoms with van der Waals surface area (Å²) in [5.41, 5.74) is 0.606. The van der Waals surface area contributed by atoms with Gasteiger partial charge in [0, 0.05) is 23.6 Å². The lowest BCUT2D eigenvalue weighted by Gasteiger charge is -2.33. The highest BCUT2D eigenvalue weighted by atomic mass is 79.9. The van der Waals surface area contributed by atoms with Gasteiger partial charge in [-0.2, -0.15) is 0 Å². The van der Waals surface area contributed by atoms with Crippen LogP contribution >= 0.6 is 27.7 Å². The van der Waals surface area contributed by atoms with Gasteiger partial charge in [0.05, 0.1) is 16.7 Å². The summed E-state index contributed by atoms with van der Waals surface area (Å²) in [6, 6.07) is 5.81. The molecule has 134 valence electrons. The van der Waals surface area contributed by atoms with Gasteiger partial charge in [0.1, 0.15) is 0 Å². The van der Waals surface area contributed by atoms with E-state index >= 15 is 0 Å². The fraction of sp³-hybridized carbons (Fsp3) is 0.500. The third-order valence-electron chi connectivity index (χ3n) is 4.65. The quantitative estimate of drug-likeness (QED) is 0.555. The zero-order valence-corrected chi connectivity index (χ0v) is 16.9. The molecule has 1 atom stereocenters. The number of nitrogens with zero attached hydrogens (tertiary/aromatic N) is 3. The molecule has 1 aliphatic rings. The molecule has 1 aliphatic heterocycles. The van der Waals surface area contributed by atoms with Crippen molar-refractivity contribution in [3.05, 3.63) is 33.0 Å². The molecule has 0 aliphatic carbocycles. The summed E-state index contributed by atoms with van der Waals surface area (Å²) in [6.07, 6.45) is 3.33. The lowest BCUT2D eigenvalue weighted by molar-refractivity contribution is -0.131. The average Bonchev–Trinajstić information content (AvgIpc) is 2.61. The van der Waals surface area contributed by atoms with E-state index in [1.807, 2.05) is 24.0 Å². The molecule has 7 heteroatoms. The maximum Gasteiger partial charge on any atom is 0.262 e. The SMILES string of the molecule is CCn1c(SCC(=O)N2CCCCC2C)nc2ccc(Br)cc2c1=O. The zero-order chi connectivity index (χ0) is 18.0. The van der Waals surface area contributed by atoms with Crippen molar-refractivity contribution < 1.29 is 4.79 Å². The lowest BCUT2D eigenvalue weighted by atomic mass is 10.0. The first kappa shape index (κ1) is 18.5. The fourth-order valence-electron chi connectivity index (χ4n) is 3.24. The third kappa shape index (κ3) is 3.92. The Bertz CT molecular complexity index is 852. The lowest BCUT2D eigenvalue weighted by Crippen LogP contribution is -2.43. The predicted molar refractivity (Wildman–Crippen MR) is 105 cm³/mol. The van der Waals surface area contributed by atoms with Gasteiger partial charge in [0.2, 0.25) is 5.91 Å². The summed E-state index contributed by atoms with van der Waals surface area (Å²) in [7, 11) is 0. The topological polar surface area (TPSA) is 55.2 Å². The molecule has 1 amide bonds. The van der Waals surface area contributed by atoms with Crippen molar-refractivity contribution in [3.63, 3.8) is 0 Å². The van der Waals surface area contributed by atoms with Crippen molar-refractivity contribution >= 4 is 44.5 Å². The van der Waals surface area contributed by atoms with Crippen molar-refractivity contribution in [2.24, 2.45) is 0 Å². The van der Waals surface area contributed by atoms with Crippen molar-refractivity contribution in [2.75, 3.05) is 12.3 Å². The maximum atomic E-state index is 12.7. The van der Waals surface area contributed by atoms with E-state index in [0.717, 1.165) is 23.9 Å². The van der Waals surface area contributed by atoms with E-state index in [9.17, 15) is 9.59 Å². The molecule has 0 N–H and O–H groups in total. The van der Waals surface area contributed by atoms with E-state index in [-0.39, 0.29) is 11.5 Å². The number of carbonyl (C=O) groups excluding carboxylic acids is 1. The Morgan fingerprint density at radius 1 is 1.40 bits per heavy atom. The van der Waals surface area contributed by atoms with Crippen molar-refractivity contribution in [1.82, 2.24) is 14.5 Å². The highest BCUT2D eigenvalue weighted by Crippen LogP contribution is 2.23. The van der Waals surface area contributed by atoms with Gasteiger partial charge >= 0.3 is 0 Å². The van der Waals surface area contributed by atoms with E-state index in [2.05, 4.69) is 27.8 Å². The summed E-state index contributed by atoms with van der Waals surface area (Å²) in [4.78, 5) is 31.9. The second-order valence-corrected chi connectivity index (χ2v) is 8.18. The predicted octanol–water partition coefficient (Wildman–Crippen LogP) is 3.67. The van der Waals surface area contributed by atoms with Crippen LogP contribution < -0.4 is 5.56 Å². The van der Waals surface area contributed by atoms with Gasteiger partial charge in [-0.3, -0.25) is 14.2 Å². The Balaban J connectivity index is 1.84. The number of carbonyl (C=O) groups is 1. The Morgan fingerprint density at radius 3 is 2.92 bits per heavy atom. The summed E-state index contributed by atoms with van der Waals surface area (Å²) in [5, 5.41) is 1.21. The van der Waals surface area contributed by atoms with Gasteiger partial charge in [0.15, 0.2) is 5.16 Å². The summed E-state index contributed by atoms with van der Waals surface area (Å²) in [5.74, 6) is 0.448. The van der Waals surface area contributed by atoms with Crippen molar-refractivity contribution in [2.45, 2.75) is 50.9 Å². The normalized spacial score (nSPS) is 17.9. The van der Waals surface area contributed by atoms with Gasteiger partial charge in [-0.15, -0.1) is 0 Å². The van der Waals surface area contributed by atoms with E-state index in [1.54, 1.807) is 10.6 Å². The van der Waals surface area contributed by atoms with Crippen LogP contribution in [0.15, 0.2) is 32.6 Å². The number of amides is 1. The largest absolute Gasteiger partial charge is 0.339 e. The number of halogens is 1. The molecule has 2 heterocycles. The van der Waals surface area contributed by atoms with E-state index in [1.165, 1.54) is 18.2 Å². The number of hydrogen-bond donors (Lipinski definition) is 0. The van der Waals surface area contributed by atoms with Gasteiger partial charge in [-0.05, 0) is 51.3 Å². The first-order valence-corrected chi connectivity index (χ1v) is 10.4. The average molecular weight is 424 g/mol. The number of piperidine rings is 1. The molecule has 1 aromatic heterocycles. The van der Waals surface area contributed by atoms with Gasteiger partial charge in [0.25, 0.3) is 5.56 Å². The van der Waals surface area contributed by atoms with Crippen LogP contribution in [0, 0.1) is 0 Å². The molecular formula is C18H22BrN3O2S. The number of fused-ring (bicyclic) bond motifs is 1. The second-order valence-electron chi connectivity index (χ2n) is 6.33. The summed E-state index contributed by atoms with van der Waals surface area (Å²) in [6.45, 7) is 5.40. The van der Waals surface area contributed by atoms with Crippen LogP contribution in [-0.4, -0.2) is 38.7 Å². The summed E-state index contributed by atoms with van der Waals surface area (Å²) >= 11 is 4.76. The van der Waals surface area contributed by atoms with Crippen LogP contribution in [0.1, 0.15) is 33.1 Å². The Kier molecular flexibility index (Phi) is 5.84. The van der Waals surface area contributed by atoms with E-state index < -0.39 is 0 Å². The standard InChI is InChI=1S/C18H22BrN3O2S/c1-3-21-17(24)14-10-13(19)7-8-15(14)20-18(21)25-11-16(23)22-9-5-4-6-12(22)2/h7-8,10,12H,3-6,9,11H2,1-2H3. The van der Waals surface area contributed by atoms with Crippen molar-refractivity contribution in [1.29, 1.82) is 0 Å². The minimum absolute atomic E-state index is 0.0601. The number of rotatable bonds is 4. The maximum absolute atomic E-state index is 12.7. The highest BCUT2D eigenvalue weighted by molar-refractivity contribution is 9.10. The molecule has 1 aromatic carbocycles. The van der Waals surface area contributed by atoms with Crippen LogP contribution in [0.2, 0.25) is 0 Å². The monoisotopic (exact) mass is 423 g/mol. The third-order valence-corrected chi connectivity index (χ3v) is 6.10. The van der Waals surface area contributed by atoms with Crippen molar-refractivity contribution in [3.8, 4) is 0 Å². The molecule has 25 heavy (non-hydrogen) atoms. The van der Waals surface area contributed by atoms with Crippen LogP contribution in [-0.2, 0) is 11.3 Å². The highest BCUT2D eigenvalue weighted by Gasteiger charge is 2.23. The molecule has 0 radical (unpaired) electrons. The van der Waals surface area contributed by atoms with Crippen LogP contribution in [0.3, 0.4) is 0 Å². The zero-order valence-electron chi connectivity index (χ0n) is 14.5. The minimum Gasteiger partial charge on any atom is -0.339 e. The summed E-state index contributed by atoms with van der Waals surface area (Å²) < 4.78 is 2.50. The number of likely N-dealkylation sites (tertiary alicyclic amines) is 1. The van der Waals surface area contributed by atoms with Gasteiger partial charge < -0.3 is 4.90 Å². The molecule has 0 bridgehead atoms. The van der Waals surface area contributed by atoms with E-state index in [0.29, 0.717) is 34.4 Å². The van der Waals surface area contributed by atoms with Gasteiger partial charge in [-0.1, -0.05) is 27.7 Å². The Morgan fingerprint density at radius 2 is 2.20 bits per heavy atom. The molecule has 1 fully saturated rings. The van der Waals surface area contributed by atoms with Crippen LogP contribution in [0.4, 0.5) is 0 Å². The molecule has 5 nitrogen and oxygen atoms in total. The van der Waals surface area contributed by atoms with Crippen LogP contribution in [0.5, 0.6) is 0 Å². The van der Waals surface area contributed by atoms with Crippen LogP contribution in [0.25, 0.3) is 10.9 Å². The number of aromatic nitrogens is 2. The Hall–Kier alpha value is -1.34. The molecule has 2 aromatic rings. The number of benzene rings is 1.